The number of anilines is 1. The van der Waals surface area contributed by atoms with Crippen molar-refractivity contribution in [1.82, 2.24) is 4.98 Å². The van der Waals surface area contributed by atoms with Crippen LogP contribution in [0.1, 0.15) is 15.9 Å². The van der Waals surface area contributed by atoms with E-state index in [4.69, 9.17) is 5.73 Å². The van der Waals surface area contributed by atoms with Crippen LogP contribution in [0.15, 0.2) is 51.5 Å². The van der Waals surface area contributed by atoms with E-state index in [1.54, 1.807) is 24.4 Å². The zero-order valence-electron chi connectivity index (χ0n) is 10.3. The third-order valence-corrected chi connectivity index (χ3v) is 4.02. The zero-order chi connectivity index (χ0) is 14.3. The highest BCUT2D eigenvalue weighted by Crippen LogP contribution is 2.26. The maximum Gasteiger partial charge on any atom is 0.195 e. The summed E-state index contributed by atoms with van der Waals surface area (Å²) in [6.07, 6.45) is 1.73. The Morgan fingerprint density at radius 1 is 1.05 bits per heavy atom. The molecule has 0 aliphatic rings. The summed E-state index contributed by atoms with van der Waals surface area (Å²) in [6.45, 7) is 0. The number of hydrogen-bond donors (Lipinski definition) is 2. The van der Waals surface area contributed by atoms with E-state index in [-0.39, 0.29) is 5.78 Å². The first kappa shape index (κ1) is 13.4. The number of H-pyrrole nitrogens is 1. The van der Waals surface area contributed by atoms with Gasteiger partial charge in [0.15, 0.2) is 5.78 Å². The fourth-order valence-corrected chi connectivity index (χ4v) is 3.06. The minimum atomic E-state index is -0.0495. The van der Waals surface area contributed by atoms with Crippen LogP contribution in [0, 0.1) is 0 Å². The summed E-state index contributed by atoms with van der Waals surface area (Å²) < 4.78 is 1.76. The average Bonchev–Trinajstić information content (AvgIpc) is 2.79. The molecule has 1 heterocycles. The van der Waals surface area contributed by atoms with Gasteiger partial charge in [-0.3, -0.25) is 4.79 Å². The van der Waals surface area contributed by atoms with Crippen LogP contribution in [0.4, 0.5) is 5.69 Å². The zero-order valence-corrected chi connectivity index (χ0v) is 13.5. The molecule has 0 fully saturated rings. The SMILES string of the molecule is Nc1cc(Br)cc(C(=O)c2c[nH]c3cc(Br)ccc23)c1. The summed E-state index contributed by atoms with van der Waals surface area (Å²) in [5, 5.41) is 0.900. The van der Waals surface area contributed by atoms with Gasteiger partial charge in [0.05, 0.1) is 0 Å². The largest absolute Gasteiger partial charge is 0.399 e. The number of ketones is 1. The fraction of sp³-hybridized carbons (Fsp3) is 0. The Balaban J connectivity index is 2.12. The number of aromatic nitrogens is 1. The Morgan fingerprint density at radius 2 is 1.85 bits per heavy atom. The summed E-state index contributed by atoms with van der Waals surface area (Å²) in [4.78, 5) is 15.7. The van der Waals surface area contributed by atoms with Crippen molar-refractivity contribution in [3.8, 4) is 0 Å². The molecule has 3 N–H and O–H groups in total. The molecule has 3 nitrogen and oxygen atoms in total. The van der Waals surface area contributed by atoms with Gasteiger partial charge < -0.3 is 10.7 Å². The lowest BCUT2D eigenvalue weighted by molar-refractivity contribution is 0.104. The van der Waals surface area contributed by atoms with Crippen molar-refractivity contribution in [3.63, 3.8) is 0 Å². The van der Waals surface area contributed by atoms with E-state index in [1.165, 1.54) is 0 Å². The Labute approximate surface area is 132 Å². The van der Waals surface area contributed by atoms with Gasteiger partial charge in [0.2, 0.25) is 0 Å². The van der Waals surface area contributed by atoms with Crippen molar-refractivity contribution in [1.29, 1.82) is 0 Å². The monoisotopic (exact) mass is 392 g/mol. The maximum absolute atomic E-state index is 12.6. The third kappa shape index (κ3) is 2.39. The minimum Gasteiger partial charge on any atom is -0.399 e. The van der Waals surface area contributed by atoms with Gasteiger partial charge in [0.1, 0.15) is 0 Å². The maximum atomic E-state index is 12.6. The molecule has 5 heteroatoms. The molecule has 0 aliphatic heterocycles. The standard InChI is InChI=1S/C15H10Br2N2O/c16-9-1-2-12-13(7-19-14(12)6-9)15(20)8-3-10(17)5-11(18)4-8/h1-7,19H,18H2. The van der Waals surface area contributed by atoms with Gasteiger partial charge >= 0.3 is 0 Å². The second kappa shape index (κ2) is 5.07. The smallest absolute Gasteiger partial charge is 0.195 e. The van der Waals surface area contributed by atoms with E-state index in [9.17, 15) is 4.79 Å². The molecule has 0 saturated heterocycles. The number of fused-ring (bicyclic) bond motifs is 1. The summed E-state index contributed by atoms with van der Waals surface area (Å²) >= 11 is 6.77. The van der Waals surface area contributed by atoms with Gasteiger partial charge in [-0.25, -0.2) is 0 Å². The quantitative estimate of drug-likeness (QED) is 0.497. The first-order chi connectivity index (χ1) is 9.54. The number of benzene rings is 2. The van der Waals surface area contributed by atoms with Crippen LogP contribution < -0.4 is 5.73 Å². The van der Waals surface area contributed by atoms with Crippen molar-refractivity contribution >= 4 is 54.2 Å². The highest BCUT2D eigenvalue weighted by atomic mass is 79.9. The molecule has 3 rings (SSSR count). The Morgan fingerprint density at radius 3 is 2.60 bits per heavy atom. The number of rotatable bonds is 2. The van der Waals surface area contributed by atoms with Crippen LogP contribution in [0.5, 0.6) is 0 Å². The molecule has 100 valence electrons. The number of nitrogens with one attached hydrogen (secondary N) is 1. The number of carbonyl (C=O) groups excluding carboxylic acids is 1. The summed E-state index contributed by atoms with van der Waals surface area (Å²) in [5.74, 6) is -0.0495. The molecule has 3 aromatic rings. The predicted octanol–water partition coefficient (Wildman–Crippen LogP) is 4.51. The van der Waals surface area contributed by atoms with E-state index in [1.807, 2.05) is 18.2 Å². The molecular formula is C15H10Br2N2O. The first-order valence-electron chi connectivity index (χ1n) is 5.92. The highest BCUT2D eigenvalue weighted by Gasteiger charge is 2.15. The van der Waals surface area contributed by atoms with Gasteiger partial charge in [0, 0.05) is 42.9 Å². The van der Waals surface area contributed by atoms with Gasteiger partial charge in [-0.05, 0) is 30.3 Å². The Hall–Kier alpha value is -1.59. The van der Waals surface area contributed by atoms with Crippen molar-refractivity contribution < 1.29 is 4.79 Å². The number of nitrogens with two attached hydrogens (primary N) is 1. The van der Waals surface area contributed by atoms with E-state index in [0.717, 1.165) is 19.8 Å². The molecule has 0 saturated carbocycles. The molecule has 0 atom stereocenters. The molecule has 0 radical (unpaired) electrons. The minimum absolute atomic E-state index is 0.0495. The fourth-order valence-electron chi connectivity index (χ4n) is 2.19. The topological polar surface area (TPSA) is 58.9 Å². The lowest BCUT2D eigenvalue weighted by Crippen LogP contribution is -2.01. The number of nitrogen functional groups attached to an aromatic ring is 1. The molecule has 0 amide bonds. The number of hydrogen-bond acceptors (Lipinski definition) is 2. The molecule has 1 aromatic heterocycles. The van der Waals surface area contributed by atoms with Crippen molar-refractivity contribution in [2.75, 3.05) is 5.73 Å². The Kier molecular flexibility index (Phi) is 3.40. The number of halogens is 2. The normalized spacial score (nSPS) is 10.9. The van der Waals surface area contributed by atoms with Crippen LogP contribution >= 0.6 is 31.9 Å². The van der Waals surface area contributed by atoms with Crippen LogP contribution in [-0.2, 0) is 0 Å². The van der Waals surface area contributed by atoms with E-state index < -0.39 is 0 Å². The molecule has 0 aliphatic carbocycles. The van der Waals surface area contributed by atoms with Gasteiger partial charge in [-0.1, -0.05) is 37.9 Å². The van der Waals surface area contributed by atoms with Crippen LogP contribution in [0.25, 0.3) is 10.9 Å². The van der Waals surface area contributed by atoms with E-state index in [0.29, 0.717) is 16.8 Å². The van der Waals surface area contributed by atoms with Crippen molar-refractivity contribution in [2.45, 2.75) is 0 Å². The van der Waals surface area contributed by atoms with Crippen LogP contribution in [0.2, 0.25) is 0 Å². The van der Waals surface area contributed by atoms with Crippen LogP contribution in [0.3, 0.4) is 0 Å². The molecule has 20 heavy (non-hydrogen) atoms. The lowest BCUT2D eigenvalue weighted by atomic mass is 10.0. The second-order valence-electron chi connectivity index (χ2n) is 4.49. The van der Waals surface area contributed by atoms with E-state index >= 15 is 0 Å². The van der Waals surface area contributed by atoms with Crippen molar-refractivity contribution in [2.24, 2.45) is 0 Å². The average molecular weight is 394 g/mol. The number of carbonyl (C=O) groups is 1. The Bertz CT molecular complexity index is 804. The number of aromatic amines is 1. The molecular weight excluding hydrogens is 384 g/mol. The highest BCUT2D eigenvalue weighted by molar-refractivity contribution is 9.10. The predicted molar refractivity (Wildman–Crippen MR) is 88.0 cm³/mol. The molecule has 0 bridgehead atoms. The van der Waals surface area contributed by atoms with E-state index in [2.05, 4.69) is 36.8 Å². The first-order valence-corrected chi connectivity index (χ1v) is 7.50. The third-order valence-electron chi connectivity index (χ3n) is 3.07. The molecule has 2 aromatic carbocycles. The van der Waals surface area contributed by atoms with Crippen molar-refractivity contribution in [3.05, 3.63) is 62.7 Å². The lowest BCUT2D eigenvalue weighted by Gasteiger charge is -2.03. The second-order valence-corrected chi connectivity index (χ2v) is 6.33. The van der Waals surface area contributed by atoms with Gasteiger partial charge in [-0.15, -0.1) is 0 Å². The summed E-state index contributed by atoms with van der Waals surface area (Å²) in [7, 11) is 0. The van der Waals surface area contributed by atoms with Crippen LogP contribution in [-0.4, -0.2) is 10.8 Å². The summed E-state index contributed by atoms with van der Waals surface area (Å²) in [5.41, 5.74) is 8.48. The molecule has 0 spiro atoms. The molecule has 0 unspecified atom stereocenters. The van der Waals surface area contributed by atoms with Gasteiger partial charge in [-0.2, -0.15) is 0 Å². The van der Waals surface area contributed by atoms with Gasteiger partial charge in [0.25, 0.3) is 0 Å². The summed E-state index contributed by atoms with van der Waals surface area (Å²) in [6, 6.07) is 11.0.